The molecule has 0 radical (unpaired) electrons. The quantitative estimate of drug-likeness (QED) is 0.399. The Balaban J connectivity index is 1.79. The largest absolute Gasteiger partial charge is 0.497 e. The van der Waals surface area contributed by atoms with Gasteiger partial charge in [0, 0.05) is 23.5 Å². The molecule has 5 nitrogen and oxygen atoms in total. The molecule has 0 aliphatic carbocycles. The number of methoxy groups -OCH3 is 1. The number of anilines is 1. The van der Waals surface area contributed by atoms with Gasteiger partial charge in [0.05, 0.1) is 12.6 Å². The molecule has 0 saturated carbocycles. The summed E-state index contributed by atoms with van der Waals surface area (Å²) in [5, 5.41) is 2.70. The number of hydrogen-bond acceptors (Lipinski definition) is 3. The van der Waals surface area contributed by atoms with E-state index in [0.717, 1.165) is 16.6 Å². The molecule has 29 heavy (non-hydrogen) atoms. The number of Topliss-reactive ketones (excluding diaryl/α,β-unsaturated/α-hetero) is 1. The molecular formula is C24H20N2O3. The van der Waals surface area contributed by atoms with E-state index in [1.807, 2.05) is 61.5 Å². The van der Waals surface area contributed by atoms with Gasteiger partial charge in [-0.25, -0.2) is 0 Å². The summed E-state index contributed by atoms with van der Waals surface area (Å²) in [4.78, 5) is 25.9. The van der Waals surface area contributed by atoms with Crippen molar-refractivity contribution < 1.29 is 14.3 Å². The lowest BCUT2D eigenvalue weighted by atomic mass is 10.0. The predicted molar refractivity (Wildman–Crippen MR) is 114 cm³/mol. The number of aryl methyl sites for hydroxylation is 1. The molecule has 0 aliphatic rings. The van der Waals surface area contributed by atoms with E-state index in [4.69, 9.17) is 4.74 Å². The normalized spacial score (nSPS) is 10.7. The standard InChI is InChI=1S/C24H20N2O3/c1-16-8-10-18(11-9-16)25-24(28)23(27)22-21(17-6-4-3-5-7-17)15-19-14-20(29-2)12-13-26(19)22/h3-15H,1-2H3,(H,25,28). The second kappa shape index (κ2) is 7.64. The van der Waals surface area contributed by atoms with E-state index >= 15 is 0 Å². The minimum atomic E-state index is -0.679. The third-order valence-electron chi connectivity index (χ3n) is 4.80. The lowest BCUT2D eigenvalue weighted by Crippen LogP contribution is -2.24. The van der Waals surface area contributed by atoms with Crippen molar-refractivity contribution in [1.82, 2.24) is 4.40 Å². The first kappa shape index (κ1) is 18.5. The van der Waals surface area contributed by atoms with Crippen LogP contribution < -0.4 is 10.1 Å². The van der Waals surface area contributed by atoms with Gasteiger partial charge in [-0.15, -0.1) is 0 Å². The summed E-state index contributed by atoms with van der Waals surface area (Å²) >= 11 is 0. The fraction of sp³-hybridized carbons (Fsp3) is 0.0833. The van der Waals surface area contributed by atoms with Gasteiger partial charge in [-0.3, -0.25) is 9.59 Å². The lowest BCUT2D eigenvalue weighted by Gasteiger charge is -2.08. The average Bonchev–Trinajstić information content (AvgIpc) is 3.14. The highest BCUT2D eigenvalue weighted by Crippen LogP contribution is 2.30. The van der Waals surface area contributed by atoms with Crippen LogP contribution >= 0.6 is 0 Å². The number of carbonyl (C=O) groups excluding carboxylic acids is 2. The number of hydrogen-bond donors (Lipinski definition) is 1. The Labute approximate surface area is 168 Å². The van der Waals surface area contributed by atoms with Gasteiger partial charge in [-0.05, 0) is 36.8 Å². The first-order valence-electron chi connectivity index (χ1n) is 9.23. The number of pyridine rings is 1. The van der Waals surface area contributed by atoms with E-state index in [9.17, 15) is 9.59 Å². The first-order chi connectivity index (χ1) is 14.1. The van der Waals surface area contributed by atoms with Crippen LogP contribution in [0.1, 0.15) is 16.1 Å². The van der Waals surface area contributed by atoms with Crippen molar-refractivity contribution in [3.8, 4) is 16.9 Å². The molecule has 0 atom stereocenters. The molecule has 5 heteroatoms. The minimum absolute atomic E-state index is 0.318. The first-order valence-corrected chi connectivity index (χ1v) is 9.23. The zero-order valence-corrected chi connectivity index (χ0v) is 16.2. The molecule has 0 unspecified atom stereocenters. The summed E-state index contributed by atoms with van der Waals surface area (Å²) < 4.78 is 7.02. The summed E-state index contributed by atoms with van der Waals surface area (Å²) in [5.41, 5.74) is 4.31. The number of amides is 1. The third-order valence-corrected chi connectivity index (χ3v) is 4.80. The van der Waals surface area contributed by atoms with Gasteiger partial charge < -0.3 is 14.5 Å². The number of ketones is 1. The van der Waals surface area contributed by atoms with Gasteiger partial charge in [0.1, 0.15) is 11.4 Å². The number of nitrogens with zero attached hydrogens (tertiary/aromatic N) is 1. The van der Waals surface area contributed by atoms with Crippen LogP contribution in [0.15, 0.2) is 79.0 Å². The highest BCUT2D eigenvalue weighted by molar-refractivity contribution is 6.47. The number of rotatable bonds is 5. The molecule has 2 aromatic carbocycles. The molecule has 4 rings (SSSR count). The SMILES string of the molecule is COc1ccn2c(C(=O)C(=O)Nc3ccc(C)cc3)c(-c3ccccc3)cc2c1. The molecule has 0 aliphatic heterocycles. The van der Waals surface area contributed by atoms with Crippen LogP contribution in [0, 0.1) is 6.92 Å². The maximum Gasteiger partial charge on any atom is 0.298 e. The Morgan fingerprint density at radius 3 is 2.34 bits per heavy atom. The van der Waals surface area contributed by atoms with Gasteiger partial charge in [0.2, 0.25) is 0 Å². The van der Waals surface area contributed by atoms with E-state index < -0.39 is 11.7 Å². The average molecular weight is 384 g/mol. The van der Waals surface area contributed by atoms with Crippen molar-refractivity contribution in [3.05, 3.63) is 90.3 Å². The summed E-state index contributed by atoms with van der Waals surface area (Å²) in [5.74, 6) is -0.603. The highest BCUT2D eigenvalue weighted by Gasteiger charge is 2.25. The summed E-state index contributed by atoms with van der Waals surface area (Å²) in [6.45, 7) is 1.96. The number of ether oxygens (including phenoxy) is 1. The number of aromatic nitrogens is 1. The van der Waals surface area contributed by atoms with Gasteiger partial charge in [-0.1, -0.05) is 48.0 Å². The minimum Gasteiger partial charge on any atom is -0.497 e. The number of benzene rings is 2. The molecule has 144 valence electrons. The third kappa shape index (κ3) is 3.62. The smallest absolute Gasteiger partial charge is 0.298 e. The topological polar surface area (TPSA) is 59.8 Å². The van der Waals surface area contributed by atoms with Crippen LogP contribution in [0.5, 0.6) is 5.75 Å². The van der Waals surface area contributed by atoms with Crippen molar-refractivity contribution in [2.45, 2.75) is 6.92 Å². The van der Waals surface area contributed by atoms with Crippen LogP contribution in [-0.4, -0.2) is 23.2 Å². The Morgan fingerprint density at radius 2 is 1.66 bits per heavy atom. The highest BCUT2D eigenvalue weighted by atomic mass is 16.5. The monoisotopic (exact) mass is 384 g/mol. The van der Waals surface area contributed by atoms with Crippen molar-refractivity contribution >= 4 is 22.9 Å². The van der Waals surface area contributed by atoms with Gasteiger partial charge in [-0.2, -0.15) is 0 Å². The Morgan fingerprint density at radius 1 is 0.931 bits per heavy atom. The van der Waals surface area contributed by atoms with Crippen molar-refractivity contribution in [2.75, 3.05) is 12.4 Å². The van der Waals surface area contributed by atoms with Gasteiger partial charge >= 0.3 is 0 Å². The molecule has 0 spiro atoms. The van der Waals surface area contributed by atoms with Crippen LogP contribution in [0.4, 0.5) is 5.69 Å². The van der Waals surface area contributed by atoms with Crippen LogP contribution in [0.2, 0.25) is 0 Å². The van der Waals surface area contributed by atoms with E-state index in [0.29, 0.717) is 22.7 Å². The van der Waals surface area contributed by atoms with E-state index in [1.165, 1.54) is 0 Å². The molecule has 2 aromatic heterocycles. The fourth-order valence-electron chi connectivity index (χ4n) is 3.29. The second-order valence-corrected chi connectivity index (χ2v) is 6.78. The van der Waals surface area contributed by atoms with Gasteiger partial charge in [0.25, 0.3) is 11.7 Å². The fourth-order valence-corrected chi connectivity index (χ4v) is 3.29. The molecule has 4 aromatic rings. The Kier molecular flexibility index (Phi) is 4.87. The molecule has 0 fully saturated rings. The van der Waals surface area contributed by atoms with Crippen molar-refractivity contribution in [3.63, 3.8) is 0 Å². The lowest BCUT2D eigenvalue weighted by molar-refractivity contribution is -0.112. The Hall–Kier alpha value is -3.86. The van der Waals surface area contributed by atoms with Crippen molar-refractivity contribution in [2.24, 2.45) is 0 Å². The molecular weight excluding hydrogens is 364 g/mol. The van der Waals surface area contributed by atoms with E-state index in [-0.39, 0.29) is 0 Å². The molecule has 0 saturated heterocycles. The zero-order chi connectivity index (χ0) is 20.4. The number of fused-ring (bicyclic) bond motifs is 1. The second-order valence-electron chi connectivity index (χ2n) is 6.78. The van der Waals surface area contributed by atoms with E-state index in [2.05, 4.69) is 5.32 Å². The maximum absolute atomic E-state index is 13.2. The van der Waals surface area contributed by atoms with Gasteiger partial charge in [0.15, 0.2) is 0 Å². The predicted octanol–water partition coefficient (Wildman–Crippen LogP) is 4.74. The number of nitrogens with one attached hydrogen (secondary N) is 1. The van der Waals surface area contributed by atoms with Crippen LogP contribution in [0.25, 0.3) is 16.6 Å². The van der Waals surface area contributed by atoms with E-state index in [1.54, 1.807) is 35.9 Å². The summed E-state index contributed by atoms with van der Waals surface area (Å²) in [7, 11) is 1.59. The summed E-state index contributed by atoms with van der Waals surface area (Å²) in [6, 6.07) is 22.4. The van der Waals surface area contributed by atoms with Crippen LogP contribution in [-0.2, 0) is 4.79 Å². The van der Waals surface area contributed by atoms with Crippen LogP contribution in [0.3, 0.4) is 0 Å². The maximum atomic E-state index is 13.2. The number of carbonyl (C=O) groups is 2. The molecule has 0 bridgehead atoms. The van der Waals surface area contributed by atoms with Crippen molar-refractivity contribution in [1.29, 1.82) is 0 Å². The Bertz CT molecular complexity index is 1190. The molecule has 2 heterocycles. The molecule has 1 N–H and O–H groups in total. The zero-order valence-electron chi connectivity index (χ0n) is 16.2. The molecule has 1 amide bonds. The summed E-state index contributed by atoms with van der Waals surface area (Å²) in [6.07, 6.45) is 1.74.